The molecule has 1 aliphatic heterocycles. The van der Waals surface area contributed by atoms with Crippen molar-refractivity contribution in [1.29, 1.82) is 0 Å². The number of nitrogens with two attached hydrogens (primary N) is 1. The van der Waals surface area contributed by atoms with Gasteiger partial charge in [0.05, 0.1) is 19.2 Å². The van der Waals surface area contributed by atoms with Gasteiger partial charge in [-0.25, -0.2) is 0 Å². The lowest BCUT2D eigenvalue weighted by atomic mass is 10.1. The van der Waals surface area contributed by atoms with E-state index in [0.29, 0.717) is 17.1 Å². The van der Waals surface area contributed by atoms with Crippen LogP contribution in [0.25, 0.3) is 0 Å². The molecule has 1 aliphatic rings. The van der Waals surface area contributed by atoms with Crippen LogP contribution in [-0.4, -0.2) is 37.0 Å². The molecular weight excluding hydrogens is 250 g/mol. The molecule has 1 aromatic carbocycles. The van der Waals surface area contributed by atoms with Gasteiger partial charge in [0.25, 0.3) is 0 Å². The van der Waals surface area contributed by atoms with E-state index in [-0.39, 0.29) is 18.4 Å². The lowest BCUT2D eigenvalue weighted by Crippen LogP contribution is -2.18. The smallest absolute Gasteiger partial charge is 0.180 e. The number of ether oxygens (including phenoxy) is 2. The number of para-hydroxylation sites is 1. The van der Waals surface area contributed by atoms with E-state index in [0.717, 1.165) is 17.9 Å². The second-order valence-corrected chi connectivity index (χ2v) is 5.22. The number of methoxy groups -OCH3 is 1. The summed E-state index contributed by atoms with van der Waals surface area (Å²) in [5.74, 6) is 3.08. The minimum Gasteiger partial charge on any atom is -0.492 e. The molecule has 1 unspecified atom stereocenters. The monoisotopic (exact) mass is 267 g/mol. The molecule has 1 heterocycles. The first-order valence-corrected chi connectivity index (χ1v) is 7.06. The van der Waals surface area contributed by atoms with Gasteiger partial charge in [-0.2, -0.15) is 11.8 Å². The summed E-state index contributed by atoms with van der Waals surface area (Å²) in [4.78, 5) is 11.7. The molecule has 1 atom stereocenters. The van der Waals surface area contributed by atoms with Crippen LogP contribution in [0.5, 0.6) is 11.5 Å². The van der Waals surface area contributed by atoms with Crippen LogP contribution < -0.4 is 15.2 Å². The summed E-state index contributed by atoms with van der Waals surface area (Å²) >= 11 is 1.88. The number of hydrogen-bond acceptors (Lipinski definition) is 5. The Morgan fingerprint density at radius 1 is 1.56 bits per heavy atom. The normalized spacial score (nSPS) is 18.7. The maximum atomic E-state index is 11.7. The summed E-state index contributed by atoms with van der Waals surface area (Å²) in [6.45, 7) is -0.0287. The fourth-order valence-electron chi connectivity index (χ4n) is 1.93. The molecular formula is C13H17NO3S. The fraction of sp³-hybridized carbons (Fsp3) is 0.462. The van der Waals surface area contributed by atoms with Gasteiger partial charge in [0.1, 0.15) is 6.10 Å². The number of ketones is 1. The maximum absolute atomic E-state index is 11.7. The molecule has 1 fully saturated rings. The van der Waals surface area contributed by atoms with Gasteiger partial charge in [-0.15, -0.1) is 0 Å². The minimum atomic E-state index is -0.141. The van der Waals surface area contributed by atoms with E-state index in [1.165, 1.54) is 0 Å². The lowest BCUT2D eigenvalue weighted by molar-refractivity contribution is 0.0997. The molecule has 98 valence electrons. The van der Waals surface area contributed by atoms with Crippen molar-refractivity contribution in [3.63, 3.8) is 0 Å². The molecule has 2 rings (SSSR count). The number of rotatable bonds is 5. The van der Waals surface area contributed by atoms with E-state index >= 15 is 0 Å². The van der Waals surface area contributed by atoms with Crippen LogP contribution in [0.4, 0.5) is 0 Å². The zero-order valence-electron chi connectivity index (χ0n) is 10.3. The van der Waals surface area contributed by atoms with E-state index in [2.05, 4.69) is 0 Å². The first kappa shape index (κ1) is 13.2. The van der Waals surface area contributed by atoms with Crippen molar-refractivity contribution in [3.05, 3.63) is 23.8 Å². The van der Waals surface area contributed by atoms with Gasteiger partial charge in [0.15, 0.2) is 17.3 Å². The van der Waals surface area contributed by atoms with E-state index in [1.807, 2.05) is 17.8 Å². The molecule has 18 heavy (non-hydrogen) atoms. The van der Waals surface area contributed by atoms with Crippen molar-refractivity contribution in [3.8, 4) is 11.5 Å². The summed E-state index contributed by atoms with van der Waals surface area (Å²) < 4.78 is 11.2. The second kappa shape index (κ2) is 6.11. The average Bonchev–Trinajstić information content (AvgIpc) is 2.90. The Balaban J connectivity index is 2.25. The summed E-state index contributed by atoms with van der Waals surface area (Å²) in [7, 11) is 1.54. The van der Waals surface area contributed by atoms with Gasteiger partial charge in [-0.3, -0.25) is 4.79 Å². The second-order valence-electron chi connectivity index (χ2n) is 4.07. The van der Waals surface area contributed by atoms with Crippen molar-refractivity contribution in [1.82, 2.24) is 0 Å². The molecule has 0 bridgehead atoms. The van der Waals surface area contributed by atoms with Crippen molar-refractivity contribution in [2.45, 2.75) is 12.5 Å². The van der Waals surface area contributed by atoms with E-state index in [4.69, 9.17) is 15.2 Å². The van der Waals surface area contributed by atoms with Crippen LogP contribution in [0, 0.1) is 0 Å². The predicted molar refractivity (Wildman–Crippen MR) is 72.7 cm³/mol. The highest BCUT2D eigenvalue weighted by molar-refractivity contribution is 7.99. The van der Waals surface area contributed by atoms with Gasteiger partial charge in [-0.1, -0.05) is 6.07 Å². The van der Waals surface area contributed by atoms with Gasteiger partial charge in [0.2, 0.25) is 0 Å². The Morgan fingerprint density at radius 2 is 2.39 bits per heavy atom. The molecule has 0 aliphatic carbocycles. The van der Waals surface area contributed by atoms with Gasteiger partial charge in [-0.05, 0) is 24.3 Å². The zero-order chi connectivity index (χ0) is 13.0. The van der Waals surface area contributed by atoms with Crippen molar-refractivity contribution in [2.75, 3.05) is 25.2 Å². The highest BCUT2D eigenvalue weighted by atomic mass is 32.2. The van der Waals surface area contributed by atoms with Crippen LogP contribution in [0.3, 0.4) is 0 Å². The molecule has 4 nitrogen and oxygen atoms in total. The van der Waals surface area contributed by atoms with E-state index in [9.17, 15) is 4.79 Å². The molecule has 1 saturated heterocycles. The van der Waals surface area contributed by atoms with Crippen LogP contribution in [0.1, 0.15) is 16.8 Å². The number of carbonyl (C=O) groups excluding carboxylic acids is 1. The zero-order valence-corrected chi connectivity index (χ0v) is 11.2. The highest BCUT2D eigenvalue weighted by Gasteiger charge is 2.21. The van der Waals surface area contributed by atoms with Gasteiger partial charge >= 0.3 is 0 Å². The molecule has 2 N–H and O–H groups in total. The van der Waals surface area contributed by atoms with Crippen molar-refractivity contribution in [2.24, 2.45) is 5.73 Å². The number of thioether (sulfide) groups is 1. The maximum Gasteiger partial charge on any atom is 0.180 e. The number of Topliss-reactive ketones (excluding diaryl/α,β-unsaturated/α-hetero) is 1. The van der Waals surface area contributed by atoms with Crippen LogP contribution in [-0.2, 0) is 0 Å². The van der Waals surface area contributed by atoms with Crippen LogP contribution in [0.2, 0.25) is 0 Å². The van der Waals surface area contributed by atoms with Crippen molar-refractivity contribution >= 4 is 17.5 Å². The third-order valence-electron chi connectivity index (χ3n) is 2.85. The summed E-state index contributed by atoms with van der Waals surface area (Å²) in [6.07, 6.45) is 1.23. The quantitative estimate of drug-likeness (QED) is 0.823. The topological polar surface area (TPSA) is 61.5 Å². The molecule has 0 aromatic heterocycles. The summed E-state index contributed by atoms with van der Waals surface area (Å²) in [5.41, 5.74) is 5.88. The Hall–Kier alpha value is -1.20. The van der Waals surface area contributed by atoms with E-state index in [1.54, 1.807) is 19.2 Å². The average molecular weight is 267 g/mol. The van der Waals surface area contributed by atoms with Crippen LogP contribution in [0.15, 0.2) is 18.2 Å². The molecule has 0 amide bonds. The summed E-state index contributed by atoms with van der Waals surface area (Å²) in [6, 6.07) is 5.34. The largest absolute Gasteiger partial charge is 0.492 e. The van der Waals surface area contributed by atoms with E-state index < -0.39 is 0 Å². The Labute approximate surface area is 111 Å². The standard InChI is InChI=1S/C13H17NO3S/c1-16-13-10(11(15)7-14)3-2-4-12(13)17-9-5-6-18-8-9/h2-4,9H,5-8,14H2,1H3. The predicted octanol–water partition coefficient (Wildman–Crippen LogP) is 1.72. The first-order chi connectivity index (χ1) is 8.76. The van der Waals surface area contributed by atoms with Gasteiger partial charge < -0.3 is 15.2 Å². The van der Waals surface area contributed by atoms with Gasteiger partial charge in [0, 0.05) is 5.75 Å². The minimum absolute atomic E-state index is 0.0287. The third kappa shape index (κ3) is 2.79. The molecule has 0 radical (unpaired) electrons. The van der Waals surface area contributed by atoms with Crippen molar-refractivity contribution < 1.29 is 14.3 Å². The number of carbonyl (C=O) groups is 1. The molecule has 1 aromatic rings. The third-order valence-corrected chi connectivity index (χ3v) is 3.98. The Morgan fingerprint density at radius 3 is 3.00 bits per heavy atom. The van der Waals surface area contributed by atoms with Crippen LogP contribution >= 0.6 is 11.8 Å². The lowest BCUT2D eigenvalue weighted by Gasteiger charge is -2.17. The molecule has 5 heteroatoms. The Kier molecular flexibility index (Phi) is 4.49. The number of benzene rings is 1. The first-order valence-electron chi connectivity index (χ1n) is 5.91. The highest BCUT2D eigenvalue weighted by Crippen LogP contribution is 2.34. The Bertz CT molecular complexity index is 430. The number of hydrogen-bond donors (Lipinski definition) is 1. The summed E-state index contributed by atoms with van der Waals surface area (Å²) in [5, 5.41) is 0. The fourth-order valence-corrected chi connectivity index (χ4v) is 3.03. The SMILES string of the molecule is COc1c(OC2CCSC2)cccc1C(=O)CN. The molecule has 0 saturated carbocycles. The molecule has 0 spiro atoms.